The molecule has 2 aromatic heterocycles. The third-order valence-corrected chi connectivity index (χ3v) is 7.19. The van der Waals surface area contributed by atoms with Crippen LogP contribution in [0.1, 0.15) is 43.4 Å². The Hall–Kier alpha value is -2.28. The molecular formula is C23H22Cl2FN3O2. The summed E-state index contributed by atoms with van der Waals surface area (Å²) >= 11 is 12.4. The lowest BCUT2D eigenvalue weighted by Crippen LogP contribution is -2.34. The number of furan rings is 1. The van der Waals surface area contributed by atoms with Gasteiger partial charge in [-0.2, -0.15) is 0 Å². The van der Waals surface area contributed by atoms with Gasteiger partial charge in [-0.1, -0.05) is 29.3 Å². The second-order valence-electron chi connectivity index (χ2n) is 8.24. The molecule has 0 amide bonds. The predicted octanol–water partition coefficient (Wildman–Crippen LogP) is 6.25. The molecule has 2 aliphatic heterocycles. The van der Waals surface area contributed by atoms with E-state index in [0.717, 1.165) is 17.4 Å². The lowest BCUT2D eigenvalue weighted by molar-refractivity contribution is 0.227. The molecule has 8 heteroatoms. The lowest BCUT2D eigenvalue weighted by atomic mass is 9.95. The minimum absolute atomic E-state index is 0.0780. The molecule has 2 aliphatic rings. The number of hydrogen-bond acceptors (Lipinski definition) is 5. The molecule has 1 saturated heterocycles. The summed E-state index contributed by atoms with van der Waals surface area (Å²) in [6.07, 6.45) is 8.44. The predicted molar refractivity (Wildman–Crippen MR) is 121 cm³/mol. The van der Waals surface area contributed by atoms with Crippen molar-refractivity contribution in [3.8, 4) is 5.75 Å². The van der Waals surface area contributed by atoms with Gasteiger partial charge in [-0.3, -0.25) is 4.90 Å². The van der Waals surface area contributed by atoms with E-state index >= 15 is 0 Å². The van der Waals surface area contributed by atoms with E-state index in [4.69, 9.17) is 38.1 Å². The topological polar surface area (TPSA) is 64.5 Å². The summed E-state index contributed by atoms with van der Waals surface area (Å²) in [6, 6.07) is 3.67. The highest BCUT2D eigenvalue weighted by atomic mass is 35.5. The van der Waals surface area contributed by atoms with Crippen molar-refractivity contribution < 1.29 is 13.5 Å². The Balaban J connectivity index is 1.53. The molecule has 1 fully saturated rings. The van der Waals surface area contributed by atoms with Crippen molar-refractivity contribution in [2.24, 2.45) is 0 Å². The standard InChI is InChI=1S/C23H22Cl2FN3O2/c1-11(19-17(24)5-6-18(26)20(19)25)31-22-21-15(9-28-23(22)27)16(10-30-21)12-7-13-3-4-14(8-12)29(13)2/h5-7,9-11,13-14H,3-4,8H2,1-2H3,(H2,27,28)/t11-,13?,14?/m1/s1. The minimum Gasteiger partial charge on any atom is -0.478 e. The number of ether oxygens (including phenoxy) is 1. The number of hydrogen-bond donors (Lipinski definition) is 1. The van der Waals surface area contributed by atoms with Crippen LogP contribution in [0.25, 0.3) is 16.5 Å². The second-order valence-corrected chi connectivity index (χ2v) is 9.03. The first kappa shape index (κ1) is 20.6. The van der Waals surface area contributed by atoms with Crippen molar-refractivity contribution in [3.63, 3.8) is 0 Å². The Kier molecular flexibility index (Phi) is 5.12. The molecule has 2 bridgehead atoms. The van der Waals surface area contributed by atoms with Crippen LogP contribution in [0.2, 0.25) is 10.0 Å². The molecular weight excluding hydrogens is 440 g/mol. The van der Waals surface area contributed by atoms with Gasteiger partial charge in [0.25, 0.3) is 0 Å². The molecule has 2 N–H and O–H groups in total. The quantitative estimate of drug-likeness (QED) is 0.465. The van der Waals surface area contributed by atoms with Crippen molar-refractivity contribution in [3.05, 3.63) is 57.7 Å². The number of likely N-dealkylation sites (N-methyl/N-ethyl adjacent to an activating group) is 1. The first-order valence-corrected chi connectivity index (χ1v) is 11.0. The summed E-state index contributed by atoms with van der Waals surface area (Å²) in [6.45, 7) is 1.73. The molecule has 31 heavy (non-hydrogen) atoms. The average Bonchev–Trinajstić information content (AvgIpc) is 3.23. The van der Waals surface area contributed by atoms with Gasteiger partial charge in [0.05, 0.1) is 16.7 Å². The fraction of sp³-hybridized carbons (Fsp3) is 0.348. The molecule has 5 rings (SSSR count). The van der Waals surface area contributed by atoms with Crippen LogP contribution in [0.5, 0.6) is 5.75 Å². The van der Waals surface area contributed by atoms with E-state index in [2.05, 4.69) is 23.0 Å². The van der Waals surface area contributed by atoms with Gasteiger partial charge in [-0.15, -0.1) is 0 Å². The van der Waals surface area contributed by atoms with E-state index in [9.17, 15) is 4.39 Å². The Bertz CT molecular complexity index is 1210. The summed E-state index contributed by atoms with van der Waals surface area (Å²) in [4.78, 5) is 6.76. The van der Waals surface area contributed by atoms with Crippen LogP contribution in [0, 0.1) is 5.82 Å². The highest BCUT2D eigenvalue weighted by molar-refractivity contribution is 6.36. The van der Waals surface area contributed by atoms with Gasteiger partial charge in [0.15, 0.2) is 11.4 Å². The summed E-state index contributed by atoms with van der Waals surface area (Å²) in [5, 5.41) is 1.07. The first-order valence-electron chi connectivity index (χ1n) is 10.2. The number of aromatic nitrogens is 1. The monoisotopic (exact) mass is 461 g/mol. The third-order valence-electron chi connectivity index (χ3n) is 6.47. The molecule has 3 atom stereocenters. The molecule has 162 valence electrons. The summed E-state index contributed by atoms with van der Waals surface area (Å²) in [5.74, 6) is -0.0876. The number of fused-ring (bicyclic) bond motifs is 3. The van der Waals surface area contributed by atoms with E-state index < -0.39 is 11.9 Å². The van der Waals surface area contributed by atoms with Crippen LogP contribution in [0.4, 0.5) is 10.2 Å². The number of halogens is 3. The SMILES string of the molecule is C[C@@H](Oc1c(N)ncc2c(C3=CC4CCC(C3)N4C)coc12)c1c(Cl)ccc(F)c1Cl. The van der Waals surface area contributed by atoms with Crippen molar-refractivity contribution in [1.82, 2.24) is 9.88 Å². The van der Waals surface area contributed by atoms with Gasteiger partial charge < -0.3 is 14.9 Å². The highest BCUT2D eigenvalue weighted by Gasteiger charge is 2.35. The van der Waals surface area contributed by atoms with E-state index in [-0.39, 0.29) is 10.8 Å². The van der Waals surface area contributed by atoms with E-state index in [1.165, 1.54) is 30.5 Å². The zero-order valence-electron chi connectivity index (χ0n) is 17.2. The Labute approximate surface area is 189 Å². The molecule has 3 aromatic rings. The number of rotatable bonds is 4. The van der Waals surface area contributed by atoms with Gasteiger partial charge >= 0.3 is 0 Å². The molecule has 5 nitrogen and oxygen atoms in total. The van der Waals surface area contributed by atoms with E-state index in [1.807, 2.05) is 0 Å². The smallest absolute Gasteiger partial charge is 0.205 e. The van der Waals surface area contributed by atoms with Crippen molar-refractivity contribution >= 4 is 45.6 Å². The number of pyridine rings is 1. The van der Waals surface area contributed by atoms with Crippen LogP contribution < -0.4 is 10.5 Å². The van der Waals surface area contributed by atoms with E-state index in [1.54, 1.807) is 19.4 Å². The van der Waals surface area contributed by atoms with Crippen LogP contribution in [-0.2, 0) is 0 Å². The number of nitrogen functional groups attached to an aromatic ring is 1. The fourth-order valence-corrected chi connectivity index (χ4v) is 5.41. The van der Waals surface area contributed by atoms with Crippen LogP contribution in [-0.4, -0.2) is 29.0 Å². The maximum absolute atomic E-state index is 14.0. The van der Waals surface area contributed by atoms with Crippen molar-refractivity contribution in [2.75, 3.05) is 12.8 Å². The number of benzene rings is 1. The zero-order chi connectivity index (χ0) is 21.9. The number of nitrogens with zero attached hydrogens (tertiary/aromatic N) is 2. The zero-order valence-corrected chi connectivity index (χ0v) is 18.7. The van der Waals surface area contributed by atoms with Gasteiger partial charge in [-0.05, 0) is 50.9 Å². The van der Waals surface area contributed by atoms with Crippen molar-refractivity contribution in [2.45, 2.75) is 44.4 Å². The normalized spacial score (nSPS) is 22.0. The molecule has 0 aliphatic carbocycles. The van der Waals surface area contributed by atoms with Crippen LogP contribution in [0.3, 0.4) is 0 Å². The molecule has 4 heterocycles. The minimum atomic E-state index is -0.669. The maximum Gasteiger partial charge on any atom is 0.205 e. The fourth-order valence-electron chi connectivity index (χ4n) is 4.74. The van der Waals surface area contributed by atoms with Crippen LogP contribution in [0.15, 0.2) is 35.1 Å². The van der Waals surface area contributed by atoms with Gasteiger partial charge in [0.1, 0.15) is 11.9 Å². The Morgan fingerprint density at radius 2 is 2.13 bits per heavy atom. The van der Waals surface area contributed by atoms with Crippen LogP contribution >= 0.6 is 23.2 Å². The molecule has 0 spiro atoms. The largest absolute Gasteiger partial charge is 0.478 e. The summed E-state index contributed by atoms with van der Waals surface area (Å²) < 4.78 is 26.0. The van der Waals surface area contributed by atoms with Gasteiger partial charge in [-0.25, -0.2) is 9.37 Å². The lowest BCUT2D eigenvalue weighted by Gasteiger charge is -2.30. The summed E-state index contributed by atoms with van der Waals surface area (Å²) in [5.41, 5.74) is 9.24. The molecule has 2 unspecified atom stereocenters. The number of anilines is 1. The molecule has 0 radical (unpaired) electrons. The van der Waals surface area contributed by atoms with Crippen molar-refractivity contribution in [1.29, 1.82) is 0 Å². The van der Waals surface area contributed by atoms with Gasteiger partial charge in [0, 0.05) is 34.4 Å². The number of nitrogens with two attached hydrogens (primary N) is 1. The van der Waals surface area contributed by atoms with Gasteiger partial charge in [0.2, 0.25) is 5.75 Å². The average molecular weight is 462 g/mol. The van der Waals surface area contributed by atoms with E-state index in [0.29, 0.717) is 34.0 Å². The first-order chi connectivity index (χ1) is 14.8. The maximum atomic E-state index is 14.0. The second kappa shape index (κ2) is 7.69. The molecule has 1 aromatic carbocycles. The Morgan fingerprint density at radius 3 is 2.90 bits per heavy atom. The summed E-state index contributed by atoms with van der Waals surface area (Å²) in [7, 11) is 2.18. The highest BCUT2D eigenvalue weighted by Crippen LogP contribution is 2.43. The third kappa shape index (κ3) is 3.37. The molecule has 0 saturated carbocycles. The Morgan fingerprint density at radius 1 is 1.32 bits per heavy atom.